The van der Waals surface area contributed by atoms with Gasteiger partial charge in [-0.2, -0.15) is 5.10 Å². The minimum absolute atomic E-state index is 0.0970. The summed E-state index contributed by atoms with van der Waals surface area (Å²) in [5.41, 5.74) is 9.80. The summed E-state index contributed by atoms with van der Waals surface area (Å²) in [6.45, 7) is 10.5. The third-order valence-corrected chi connectivity index (χ3v) is 2.66. The number of urea groups is 1. The van der Waals surface area contributed by atoms with Gasteiger partial charge in [0.2, 0.25) is 0 Å². The molecule has 0 aromatic rings. The molecule has 0 saturated carbocycles. The normalized spacial score (nSPS) is 12.6. The Morgan fingerprint density at radius 3 is 2.42 bits per heavy atom. The zero-order chi connectivity index (χ0) is 14.9. The van der Waals surface area contributed by atoms with Crippen LogP contribution in [0.1, 0.15) is 53.9 Å². The van der Waals surface area contributed by atoms with Crippen molar-refractivity contribution in [3.05, 3.63) is 23.3 Å². The molecule has 0 aliphatic carbocycles. The number of hydrogen-bond donors (Lipinski definition) is 2. The Morgan fingerprint density at radius 2 is 1.89 bits per heavy atom. The van der Waals surface area contributed by atoms with Gasteiger partial charge in [-0.3, -0.25) is 0 Å². The summed E-state index contributed by atoms with van der Waals surface area (Å²) in [5.74, 6) is 0. The molecule has 0 atom stereocenters. The molecule has 0 spiro atoms. The van der Waals surface area contributed by atoms with Crippen molar-refractivity contribution in [1.29, 1.82) is 0 Å². The minimum Gasteiger partial charge on any atom is -0.350 e. The number of hydrazone groups is 1. The van der Waals surface area contributed by atoms with Crippen LogP contribution in [-0.2, 0) is 0 Å². The first-order valence-corrected chi connectivity index (χ1v) is 6.61. The molecule has 4 heteroatoms. The van der Waals surface area contributed by atoms with Crippen LogP contribution in [0.4, 0.5) is 4.79 Å². The van der Waals surface area contributed by atoms with Gasteiger partial charge in [-0.25, -0.2) is 10.2 Å². The number of allylic oxidation sites excluding steroid dienone is 4. The van der Waals surface area contributed by atoms with Crippen LogP contribution in [0.2, 0.25) is 0 Å². The number of primary amides is 1. The summed E-state index contributed by atoms with van der Waals surface area (Å²) >= 11 is 0. The van der Waals surface area contributed by atoms with Crippen molar-refractivity contribution < 1.29 is 4.79 Å². The number of nitrogens with one attached hydrogen (secondary N) is 1. The van der Waals surface area contributed by atoms with E-state index in [1.165, 1.54) is 11.1 Å². The lowest BCUT2D eigenvalue weighted by Gasteiger charge is -2.17. The number of rotatable bonds is 7. The van der Waals surface area contributed by atoms with E-state index in [0.29, 0.717) is 0 Å². The van der Waals surface area contributed by atoms with Crippen molar-refractivity contribution >= 4 is 12.2 Å². The molecular formula is C15H27N3O. The molecule has 0 aromatic heterocycles. The van der Waals surface area contributed by atoms with Crippen LogP contribution in [0.15, 0.2) is 28.4 Å². The maximum atomic E-state index is 10.5. The first-order valence-electron chi connectivity index (χ1n) is 6.61. The predicted octanol–water partition coefficient (Wildman–Crippen LogP) is 3.75. The van der Waals surface area contributed by atoms with Gasteiger partial charge in [0, 0.05) is 11.6 Å². The Labute approximate surface area is 116 Å². The molecule has 0 aromatic carbocycles. The molecule has 0 heterocycles. The molecule has 19 heavy (non-hydrogen) atoms. The molecule has 0 bridgehead atoms. The van der Waals surface area contributed by atoms with Crippen LogP contribution in [-0.4, -0.2) is 12.2 Å². The van der Waals surface area contributed by atoms with Crippen LogP contribution in [0.5, 0.6) is 0 Å². The zero-order valence-corrected chi connectivity index (χ0v) is 12.8. The lowest BCUT2D eigenvalue weighted by molar-refractivity contribution is 0.249. The summed E-state index contributed by atoms with van der Waals surface area (Å²) in [6.07, 6.45) is 9.26. The van der Waals surface area contributed by atoms with E-state index >= 15 is 0 Å². The molecule has 0 radical (unpaired) electrons. The number of amides is 2. The Balaban J connectivity index is 4.22. The van der Waals surface area contributed by atoms with Gasteiger partial charge in [0.15, 0.2) is 0 Å². The molecule has 108 valence electrons. The van der Waals surface area contributed by atoms with E-state index in [1.807, 2.05) is 0 Å². The summed E-state index contributed by atoms with van der Waals surface area (Å²) in [5, 5.41) is 3.82. The van der Waals surface area contributed by atoms with E-state index < -0.39 is 6.03 Å². The van der Waals surface area contributed by atoms with Crippen LogP contribution in [0.3, 0.4) is 0 Å². The van der Waals surface area contributed by atoms with Gasteiger partial charge < -0.3 is 5.73 Å². The second kappa shape index (κ2) is 8.51. The largest absolute Gasteiger partial charge is 0.350 e. The highest BCUT2D eigenvalue weighted by atomic mass is 16.2. The van der Waals surface area contributed by atoms with E-state index in [0.717, 1.165) is 19.3 Å². The van der Waals surface area contributed by atoms with E-state index in [1.54, 1.807) is 6.21 Å². The lowest BCUT2D eigenvalue weighted by Crippen LogP contribution is -2.26. The highest BCUT2D eigenvalue weighted by Gasteiger charge is 2.13. The van der Waals surface area contributed by atoms with Crippen LogP contribution in [0, 0.1) is 5.41 Å². The average Bonchev–Trinajstić information content (AvgIpc) is 2.25. The van der Waals surface area contributed by atoms with E-state index in [4.69, 9.17) is 5.73 Å². The van der Waals surface area contributed by atoms with Crippen LogP contribution < -0.4 is 11.2 Å². The number of carbonyl (C=O) groups is 1. The fourth-order valence-corrected chi connectivity index (χ4v) is 1.45. The van der Waals surface area contributed by atoms with E-state index in [2.05, 4.69) is 57.3 Å². The fourth-order valence-electron chi connectivity index (χ4n) is 1.45. The molecule has 2 amide bonds. The Morgan fingerprint density at radius 1 is 1.26 bits per heavy atom. The first-order chi connectivity index (χ1) is 8.73. The molecule has 0 rings (SSSR count). The van der Waals surface area contributed by atoms with Gasteiger partial charge in [0.1, 0.15) is 0 Å². The van der Waals surface area contributed by atoms with Gasteiger partial charge >= 0.3 is 6.03 Å². The summed E-state index contributed by atoms with van der Waals surface area (Å²) in [6, 6.07) is -0.638. The monoisotopic (exact) mass is 265 g/mol. The quantitative estimate of drug-likeness (QED) is 0.411. The van der Waals surface area contributed by atoms with Gasteiger partial charge in [-0.15, -0.1) is 0 Å². The van der Waals surface area contributed by atoms with Crippen LogP contribution in [0.25, 0.3) is 0 Å². The molecule has 0 fully saturated rings. The highest BCUT2D eigenvalue weighted by Crippen LogP contribution is 2.20. The lowest BCUT2D eigenvalue weighted by atomic mass is 9.89. The molecule has 0 unspecified atom stereocenters. The van der Waals surface area contributed by atoms with Gasteiger partial charge in [-0.05, 0) is 40.0 Å². The standard InChI is InChI=1S/C15H27N3O/c1-12(2)7-6-8-13(3)9-10-15(4,5)11-17-18-14(16)19/h7,9,11H,6,8,10H2,1-5H3,(H3,16,18,19)/b13-9+,17-11+. The van der Waals surface area contributed by atoms with Gasteiger partial charge in [-0.1, -0.05) is 37.1 Å². The predicted molar refractivity (Wildman–Crippen MR) is 82.0 cm³/mol. The maximum Gasteiger partial charge on any atom is 0.332 e. The molecule has 3 N–H and O–H groups in total. The number of nitrogens with zero attached hydrogens (tertiary/aromatic N) is 1. The number of hydrogen-bond acceptors (Lipinski definition) is 2. The van der Waals surface area contributed by atoms with Crippen molar-refractivity contribution in [1.82, 2.24) is 5.43 Å². The second-order valence-corrected chi connectivity index (χ2v) is 5.80. The summed E-state index contributed by atoms with van der Waals surface area (Å²) in [7, 11) is 0. The topological polar surface area (TPSA) is 67.5 Å². The van der Waals surface area contributed by atoms with Gasteiger partial charge in [0.25, 0.3) is 0 Å². The van der Waals surface area contributed by atoms with Crippen molar-refractivity contribution in [2.75, 3.05) is 0 Å². The van der Waals surface area contributed by atoms with Gasteiger partial charge in [0.05, 0.1) is 0 Å². The second-order valence-electron chi connectivity index (χ2n) is 5.80. The fraction of sp³-hybridized carbons (Fsp3) is 0.600. The molecule has 4 nitrogen and oxygen atoms in total. The molecular weight excluding hydrogens is 238 g/mol. The Bertz CT molecular complexity index is 375. The van der Waals surface area contributed by atoms with E-state index in [-0.39, 0.29) is 5.41 Å². The van der Waals surface area contributed by atoms with Crippen molar-refractivity contribution in [3.8, 4) is 0 Å². The number of carbonyl (C=O) groups excluding carboxylic acids is 1. The first kappa shape index (κ1) is 17.4. The smallest absolute Gasteiger partial charge is 0.332 e. The van der Waals surface area contributed by atoms with Crippen molar-refractivity contribution in [3.63, 3.8) is 0 Å². The van der Waals surface area contributed by atoms with Crippen LogP contribution >= 0.6 is 0 Å². The Hall–Kier alpha value is -1.58. The third-order valence-electron chi connectivity index (χ3n) is 2.66. The summed E-state index contributed by atoms with van der Waals surface area (Å²) < 4.78 is 0. The average molecular weight is 265 g/mol. The van der Waals surface area contributed by atoms with E-state index in [9.17, 15) is 4.79 Å². The molecule has 0 saturated heterocycles. The zero-order valence-electron chi connectivity index (χ0n) is 12.8. The SMILES string of the molecule is CC(C)=CCC/C(C)=C/CC(C)(C)/C=N/NC(N)=O. The minimum atomic E-state index is -0.638. The van der Waals surface area contributed by atoms with Crippen molar-refractivity contribution in [2.45, 2.75) is 53.9 Å². The van der Waals surface area contributed by atoms with Crippen molar-refractivity contribution in [2.24, 2.45) is 16.3 Å². The summed E-state index contributed by atoms with van der Waals surface area (Å²) in [4.78, 5) is 10.5. The molecule has 0 aliphatic rings. The highest BCUT2D eigenvalue weighted by molar-refractivity contribution is 5.73. The Kier molecular flexibility index (Phi) is 7.80. The number of nitrogens with two attached hydrogens (primary N) is 1. The maximum absolute atomic E-state index is 10.5. The molecule has 0 aliphatic heterocycles. The third kappa shape index (κ3) is 11.3.